The molecule has 0 aliphatic heterocycles. The number of ether oxygens (including phenoxy) is 1. The zero-order valence-electron chi connectivity index (χ0n) is 9.04. The average Bonchev–Trinajstić information content (AvgIpc) is 2.19. The Labute approximate surface area is 98.5 Å². The first kappa shape index (κ1) is 12.5. The number of benzene rings is 1. The quantitative estimate of drug-likeness (QED) is 0.823. The van der Waals surface area contributed by atoms with Crippen LogP contribution in [0, 0.1) is 0 Å². The van der Waals surface area contributed by atoms with Gasteiger partial charge in [0.15, 0.2) is 0 Å². The van der Waals surface area contributed by atoms with Crippen LogP contribution in [-0.4, -0.2) is 18.8 Å². The fourth-order valence-corrected chi connectivity index (χ4v) is 1.36. The Morgan fingerprint density at radius 3 is 2.69 bits per heavy atom. The molecular weight excluding hydrogens is 230 g/mol. The van der Waals surface area contributed by atoms with Crippen molar-refractivity contribution in [2.75, 3.05) is 12.4 Å². The number of ketones is 1. The van der Waals surface area contributed by atoms with Gasteiger partial charge in [0.25, 0.3) is 0 Å². The van der Waals surface area contributed by atoms with Crippen LogP contribution >= 0.6 is 11.6 Å². The van der Waals surface area contributed by atoms with Gasteiger partial charge < -0.3 is 10.1 Å². The van der Waals surface area contributed by atoms with Crippen LogP contribution in [0.5, 0.6) is 5.75 Å². The summed E-state index contributed by atoms with van der Waals surface area (Å²) in [6, 6.07) is 4.85. The van der Waals surface area contributed by atoms with Crippen LogP contribution in [0.15, 0.2) is 18.2 Å². The summed E-state index contributed by atoms with van der Waals surface area (Å²) in [4.78, 5) is 22.0. The lowest BCUT2D eigenvalue weighted by atomic mass is 10.2. The van der Waals surface area contributed by atoms with Crippen LogP contribution in [0.2, 0.25) is 5.02 Å². The van der Waals surface area contributed by atoms with Gasteiger partial charge in [-0.1, -0.05) is 11.6 Å². The van der Waals surface area contributed by atoms with Gasteiger partial charge in [0.2, 0.25) is 5.91 Å². The second kappa shape index (κ2) is 5.51. The summed E-state index contributed by atoms with van der Waals surface area (Å²) in [5.74, 6) is -0.0578. The number of carbonyl (C=O) groups is 2. The van der Waals surface area contributed by atoms with Gasteiger partial charge in [-0.3, -0.25) is 9.59 Å². The van der Waals surface area contributed by atoms with E-state index in [-0.39, 0.29) is 18.1 Å². The molecule has 0 heterocycles. The number of rotatable bonds is 4. The SMILES string of the molecule is COc1cc(NC(=O)CC(C)=O)ccc1Cl. The zero-order chi connectivity index (χ0) is 12.1. The predicted octanol–water partition coefficient (Wildman–Crippen LogP) is 2.27. The highest BCUT2D eigenvalue weighted by Gasteiger charge is 2.07. The standard InChI is InChI=1S/C11H12ClNO3/c1-7(14)5-11(15)13-8-3-4-9(12)10(6-8)16-2/h3-4,6H,5H2,1-2H3,(H,13,15). The first-order chi connectivity index (χ1) is 7.52. The highest BCUT2D eigenvalue weighted by Crippen LogP contribution is 2.27. The minimum atomic E-state index is -0.350. The molecule has 0 aromatic heterocycles. The molecule has 0 saturated heterocycles. The van der Waals surface area contributed by atoms with Crippen LogP contribution in [0.25, 0.3) is 0 Å². The molecule has 0 bridgehead atoms. The van der Waals surface area contributed by atoms with Gasteiger partial charge >= 0.3 is 0 Å². The normalized spacial score (nSPS) is 9.69. The number of carbonyl (C=O) groups excluding carboxylic acids is 2. The molecule has 0 saturated carbocycles. The number of halogens is 1. The fourth-order valence-electron chi connectivity index (χ4n) is 1.17. The third-order valence-corrected chi connectivity index (χ3v) is 2.16. The van der Waals surface area contributed by atoms with Crippen molar-refractivity contribution in [2.45, 2.75) is 13.3 Å². The summed E-state index contributed by atoms with van der Waals surface area (Å²) in [7, 11) is 1.49. The predicted molar refractivity (Wildman–Crippen MR) is 61.9 cm³/mol. The summed E-state index contributed by atoms with van der Waals surface area (Å²) in [5.41, 5.74) is 0.549. The number of Topliss-reactive ketones (excluding diaryl/α,β-unsaturated/α-hetero) is 1. The third-order valence-electron chi connectivity index (χ3n) is 1.84. The highest BCUT2D eigenvalue weighted by molar-refractivity contribution is 6.32. The van der Waals surface area contributed by atoms with Gasteiger partial charge in [-0.25, -0.2) is 0 Å². The summed E-state index contributed by atoms with van der Waals surface area (Å²) in [6.45, 7) is 1.36. The number of hydrogen-bond donors (Lipinski definition) is 1. The van der Waals surface area contributed by atoms with Crippen molar-refractivity contribution >= 4 is 29.0 Å². The summed E-state index contributed by atoms with van der Waals surface area (Å²) < 4.78 is 5.00. The molecule has 1 amide bonds. The van der Waals surface area contributed by atoms with Crippen LogP contribution in [-0.2, 0) is 9.59 Å². The van der Waals surface area contributed by atoms with E-state index in [1.807, 2.05) is 0 Å². The molecule has 1 N–H and O–H groups in total. The molecule has 5 heteroatoms. The van der Waals surface area contributed by atoms with E-state index in [1.54, 1.807) is 18.2 Å². The summed E-state index contributed by atoms with van der Waals surface area (Å²) in [5, 5.41) is 3.04. The van der Waals surface area contributed by atoms with Crippen LogP contribution in [0.1, 0.15) is 13.3 Å². The van der Waals surface area contributed by atoms with Gasteiger partial charge in [0.1, 0.15) is 11.5 Å². The van der Waals surface area contributed by atoms with E-state index in [2.05, 4.69) is 5.32 Å². The largest absolute Gasteiger partial charge is 0.495 e. The molecule has 1 aromatic carbocycles. The minimum absolute atomic E-state index is 0.134. The van der Waals surface area contributed by atoms with Gasteiger partial charge in [-0.15, -0.1) is 0 Å². The Morgan fingerprint density at radius 1 is 1.44 bits per heavy atom. The minimum Gasteiger partial charge on any atom is -0.495 e. The van der Waals surface area contributed by atoms with E-state index in [0.29, 0.717) is 16.5 Å². The van der Waals surface area contributed by atoms with Crippen molar-refractivity contribution in [3.63, 3.8) is 0 Å². The molecule has 86 valence electrons. The lowest BCUT2D eigenvalue weighted by Crippen LogP contribution is -2.14. The lowest BCUT2D eigenvalue weighted by molar-refractivity contribution is -0.124. The van der Waals surface area contributed by atoms with Gasteiger partial charge in [0.05, 0.1) is 18.6 Å². The van der Waals surface area contributed by atoms with Crippen LogP contribution in [0.4, 0.5) is 5.69 Å². The fraction of sp³-hybridized carbons (Fsp3) is 0.273. The van der Waals surface area contributed by atoms with E-state index in [1.165, 1.54) is 14.0 Å². The van der Waals surface area contributed by atoms with Gasteiger partial charge in [-0.05, 0) is 19.1 Å². The Hall–Kier alpha value is -1.55. The van der Waals surface area contributed by atoms with Crippen molar-refractivity contribution in [1.29, 1.82) is 0 Å². The number of methoxy groups -OCH3 is 1. The van der Waals surface area contributed by atoms with Gasteiger partial charge in [0, 0.05) is 11.8 Å². The van der Waals surface area contributed by atoms with Crippen molar-refractivity contribution in [3.05, 3.63) is 23.2 Å². The molecule has 0 fully saturated rings. The molecule has 0 radical (unpaired) electrons. The smallest absolute Gasteiger partial charge is 0.231 e. The summed E-state index contributed by atoms with van der Waals surface area (Å²) in [6.07, 6.45) is -0.134. The number of amides is 1. The first-order valence-corrected chi connectivity index (χ1v) is 5.03. The second-order valence-corrected chi connectivity index (χ2v) is 3.68. The molecule has 0 aliphatic rings. The molecule has 0 atom stereocenters. The van der Waals surface area contributed by atoms with E-state index < -0.39 is 0 Å². The number of nitrogens with one attached hydrogen (secondary N) is 1. The Morgan fingerprint density at radius 2 is 2.12 bits per heavy atom. The maximum atomic E-state index is 11.3. The number of hydrogen-bond acceptors (Lipinski definition) is 3. The van der Waals surface area contributed by atoms with E-state index >= 15 is 0 Å². The monoisotopic (exact) mass is 241 g/mol. The van der Waals surface area contributed by atoms with Gasteiger partial charge in [-0.2, -0.15) is 0 Å². The molecule has 4 nitrogen and oxygen atoms in total. The second-order valence-electron chi connectivity index (χ2n) is 3.28. The Bertz CT molecular complexity index is 418. The van der Waals surface area contributed by atoms with Crippen molar-refractivity contribution < 1.29 is 14.3 Å². The molecule has 0 spiro atoms. The maximum Gasteiger partial charge on any atom is 0.231 e. The molecule has 0 aliphatic carbocycles. The number of anilines is 1. The van der Waals surface area contributed by atoms with E-state index in [9.17, 15) is 9.59 Å². The lowest BCUT2D eigenvalue weighted by Gasteiger charge is -2.07. The molecule has 1 rings (SSSR count). The molecule has 1 aromatic rings. The highest BCUT2D eigenvalue weighted by atomic mass is 35.5. The van der Waals surface area contributed by atoms with Crippen LogP contribution < -0.4 is 10.1 Å². The average molecular weight is 242 g/mol. The van der Waals surface area contributed by atoms with Crippen molar-refractivity contribution in [2.24, 2.45) is 0 Å². The van der Waals surface area contributed by atoms with E-state index in [0.717, 1.165) is 0 Å². The van der Waals surface area contributed by atoms with Crippen molar-refractivity contribution in [3.8, 4) is 5.75 Å². The van der Waals surface area contributed by atoms with E-state index in [4.69, 9.17) is 16.3 Å². The Kier molecular flexibility index (Phi) is 4.31. The van der Waals surface area contributed by atoms with Crippen LogP contribution in [0.3, 0.4) is 0 Å². The maximum absolute atomic E-state index is 11.3. The Balaban J connectivity index is 2.74. The topological polar surface area (TPSA) is 55.4 Å². The van der Waals surface area contributed by atoms with Crippen molar-refractivity contribution in [1.82, 2.24) is 0 Å². The molecule has 16 heavy (non-hydrogen) atoms. The third kappa shape index (κ3) is 3.55. The summed E-state index contributed by atoms with van der Waals surface area (Å²) >= 11 is 5.83. The zero-order valence-corrected chi connectivity index (χ0v) is 9.80. The molecular formula is C11H12ClNO3. The first-order valence-electron chi connectivity index (χ1n) is 4.65. The molecule has 0 unspecified atom stereocenters.